The third-order valence-corrected chi connectivity index (χ3v) is 7.23. The molecule has 13 nitrogen and oxygen atoms in total. The van der Waals surface area contributed by atoms with Crippen molar-refractivity contribution in [3.8, 4) is 17.0 Å². The minimum atomic E-state index is -4.54. The number of aromatic nitrogens is 3. The first-order valence-electron chi connectivity index (χ1n) is 12.3. The summed E-state index contributed by atoms with van der Waals surface area (Å²) in [5.74, 6) is 0.263. The summed E-state index contributed by atoms with van der Waals surface area (Å²) in [6, 6.07) is 7.74. The molecule has 1 unspecified atom stereocenters. The Morgan fingerprint density at radius 2 is 2.08 bits per heavy atom. The number of benzene rings is 1. The Balaban J connectivity index is 1.99. The predicted octanol–water partition coefficient (Wildman–Crippen LogP) is 1.25. The van der Waals surface area contributed by atoms with Crippen molar-refractivity contribution in [3.63, 3.8) is 0 Å². The molecule has 1 aliphatic heterocycles. The normalized spacial score (nSPS) is 26.3. The molecular weight excluding hydrogens is 541 g/mol. The highest BCUT2D eigenvalue weighted by Crippen LogP contribution is 2.51. The standard InChI is InChI=1S/C23H29ClN5O8P/c1-14(2)35-19(31)15(3)12-38(33,37-16-7-5-4-6-8-16)34-11-17-18(30)23(26,9-10-24)20(36-17)29-13-27-21(25)28-22(29)32/h4-8,13-15,17-18,20,30H,11-12,26H2,1-3H3,(H2,25,28,32)/t15-,17-,18+,20-,23?,38+/m1/s1/i11D2. The van der Waals surface area contributed by atoms with Gasteiger partial charge in [0.1, 0.15) is 24.3 Å². The number of halogens is 1. The minimum absolute atomic E-state index is 0.0589. The van der Waals surface area contributed by atoms with Gasteiger partial charge >= 0.3 is 19.3 Å². The third kappa shape index (κ3) is 6.91. The number of nitrogen functional groups attached to an aromatic ring is 1. The van der Waals surface area contributed by atoms with E-state index < -0.39 is 68.0 Å². The van der Waals surface area contributed by atoms with Gasteiger partial charge in [-0.2, -0.15) is 4.98 Å². The largest absolute Gasteiger partial charge is 0.463 e. The number of esters is 1. The summed E-state index contributed by atoms with van der Waals surface area (Å²) in [4.78, 5) is 32.1. The summed E-state index contributed by atoms with van der Waals surface area (Å²) in [7, 11) is -4.54. The Hall–Kier alpha value is -2.98. The highest BCUT2D eigenvalue weighted by molar-refractivity contribution is 7.54. The van der Waals surface area contributed by atoms with Crippen LogP contribution in [0.2, 0.25) is 0 Å². The molecule has 0 radical (unpaired) electrons. The number of para-hydroxylation sites is 1. The number of carbonyl (C=O) groups is 1. The molecule has 2 aromatic rings. The lowest BCUT2D eigenvalue weighted by Crippen LogP contribution is -2.55. The van der Waals surface area contributed by atoms with Crippen LogP contribution in [-0.2, 0) is 23.4 Å². The van der Waals surface area contributed by atoms with Crippen LogP contribution in [0.3, 0.4) is 0 Å². The second-order valence-corrected chi connectivity index (χ2v) is 10.8. The lowest BCUT2D eigenvalue weighted by atomic mass is 9.92. The smallest absolute Gasteiger partial charge is 0.380 e. The van der Waals surface area contributed by atoms with Gasteiger partial charge in [-0.25, -0.2) is 14.3 Å². The van der Waals surface area contributed by atoms with Crippen LogP contribution in [0.4, 0.5) is 5.95 Å². The van der Waals surface area contributed by atoms with E-state index in [1.165, 1.54) is 19.1 Å². The molecule has 1 aromatic heterocycles. The molecule has 6 atom stereocenters. The molecule has 3 rings (SSSR count). The lowest BCUT2D eigenvalue weighted by Gasteiger charge is -2.27. The molecule has 1 saturated heterocycles. The van der Waals surface area contributed by atoms with Crippen LogP contribution in [0.1, 0.15) is 29.7 Å². The molecule has 0 bridgehead atoms. The topological polar surface area (TPSA) is 191 Å². The van der Waals surface area contributed by atoms with E-state index in [2.05, 4.69) is 15.9 Å². The Morgan fingerprint density at radius 1 is 1.39 bits per heavy atom. The molecule has 2 heterocycles. The van der Waals surface area contributed by atoms with Crippen LogP contribution in [0.25, 0.3) is 0 Å². The van der Waals surface area contributed by atoms with E-state index in [4.69, 9.17) is 44.3 Å². The van der Waals surface area contributed by atoms with Crippen LogP contribution in [-0.4, -0.2) is 62.2 Å². The second-order valence-electron chi connectivity index (χ2n) is 8.70. The second kappa shape index (κ2) is 12.3. The monoisotopic (exact) mass is 571 g/mol. The van der Waals surface area contributed by atoms with Crippen LogP contribution < -0.4 is 21.7 Å². The molecule has 0 amide bonds. The van der Waals surface area contributed by atoms with E-state index in [0.29, 0.717) is 0 Å². The number of nitrogens with two attached hydrogens (primary N) is 2. The van der Waals surface area contributed by atoms with Crippen molar-refractivity contribution < 1.29 is 35.7 Å². The third-order valence-electron chi connectivity index (χ3n) is 5.27. The molecule has 0 aliphatic carbocycles. The van der Waals surface area contributed by atoms with Gasteiger partial charge in [-0.05, 0) is 37.6 Å². The van der Waals surface area contributed by atoms with Crippen molar-refractivity contribution in [1.29, 1.82) is 0 Å². The summed E-state index contributed by atoms with van der Waals surface area (Å²) in [5, 5.41) is 13.1. The van der Waals surface area contributed by atoms with E-state index >= 15 is 0 Å². The fourth-order valence-corrected chi connectivity index (χ4v) is 5.35. The summed E-state index contributed by atoms with van der Waals surface area (Å²) in [6.45, 7) is 1.58. The average Bonchev–Trinajstić information content (AvgIpc) is 3.10. The maximum atomic E-state index is 14.0. The van der Waals surface area contributed by atoms with Gasteiger partial charge in [0.15, 0.2) is 11.8 Å². The average molecular weight is 572 g/mol. The summed E-state index contributed by atoms with van der Waals surface area (Å²) in [6.07, 6.45) is -5.83. The van der Waals surface area contributed by atoms with Crippen molar-refractivity contribution in [2.75, 3.05) is 18.5 Å². The Kier molecular flexibility index (Phi) is 8.58. The molecule has 38 heavy (non-hydrogen) atoms. The van der Waals surface area contributed by atoms with Crippen LogP contribution in [0.5, 0.6) is 5.75 Å². The fourth-order valence-electron chi connectivity index (χ4n) is 3.47. The zero-order valence-electron chi connectivity index (χ0n) is 22.7. The van der Waals surface area contributed by atoms with E-state index in [-0.39, 0.29) is 11.7 Å². The molecule has 1 aromatic carbocycles. The van der Waals surface area contributed by atoms with Crippen molar-refractivity contribution in [2.24, 2.45) is 11.7 Å². The molecule has 1 fully saturated rings. The molecule has 0 spiro atoms. The van der Waals surface area contributed by atoms with Crippen molar-refractivity contribution in [1.82, 2.24) is 14.5 Å². The number of aliphatic hydroxyl groups is 1. The quantitative estimate of drug-likeness (QED) is 0.210. The van der Waals surface area contributed by atoms with Gasteiger partial charge in [0.05, 0.1) is 27.5 Å². The summed E-state index contributed by atoms with van der Waals surface area (Å²) >= 11 is 5.56. The summed E-state index contributed by atoms with van der Waals surface area (Å²) in [5.41, 5.74) is 8.53. The first-order valence-corrected chi connectivity index (χ1v) is 13.4. The van der Waals surface area contributed by atoms with Gasteiger partial charge < -0.3 is 30.6 Å². The number of rotatable bonds is 10. The van der Waals surface area contributed by atoms with Crippen molar-refractivity contribution >= 4 is 31.1 Å². The van der Waals surface area contributed by atoms with Gasteiger partial charge in [0.2, 0.25) is 5.95 Å². The zero-order valence-corrected chi connectivity index (χ0v) is 22.3. The highest BCUT2D eigenvalue weighted by Gasteiger charge is 2.55. The zero-order chi connectivity index (χ0) is 29.9. The van der Waals surface area contributed by atoms with E-state index in [1.807, 2.05) is 5.38 Å². The number of hydrogen-bond donors (Lipinski definition) is 3. The number of anilines is 1. The molecule has 1 aliphatic rings. The van der Waals surface area contributed by atoms with Crippen molar-refractivity contribution in [3.05, 3.63) is 47.1 Å². The molecule has 206 valence electrons. The van der Waals surface area contributed by atoms with Crippen molar-refractivity contribution in [2.45, 2.75) is 50.8 Å². The van der Waals surface area contributed by atoms with E-state index in [9.17, 15) is 19.3 Å². The molecule has 5 N–H and O–H groups in total. The fraction of sp³-hybridized carbons (Fsp3) is 0.478. The van der Waals surface area contributed by atoms with E-state index in [1.54, 1.807) is 32.0 Å². The highest BCUT2D eigenvalue weighted by atomic mass is 35.5. The molecular formula is C23H29ClN5O8P. The maximum Gasteiger partial charge on any atom is 0.380 e. The first-order chi connectivity index (χ1) is 18.6. The predicted molar refractivity (Wildman–Crippen MR) is 137 cm³/mol. The molecule has 15 heteroatoms. The SMILES string of the molecule is [2H]C([2H])(O[P@@](=O)(C[C@@H](C)C(=O)OC(C)C)Oc1ccccc1)[C@H]1O[C@@H](n2cnc(N)nc2=O)C(N)(C#CCl)[C@H]1O. The maximum absolute atomic E-state index is 14.0. The Bertz CT molecular complexity index is 1390. The van der Waals surface area contributed by atoms with Gasteiger partial charge in [-0.3, -0.25) is 13.9 Å². The van der Waals surface area contributed by atoms with Crippen LogP contribution in [0.15, 0.2) is 41.5 Å². The number of carbonyl (C=O) groups excluding carboxylic acids is 1. The van der Waals surface area contributed by atoms with Crippen LogP contribution >= 0.6 is 19.2 Å². The summed E-state index contributed by atoms with van der Waals surface area (Å²) < 4.78 is 53.8. The van der Waals surface area contributed by atoms with Gasteiger partial charge in [0, 0.05) is 5.38 Å². The number of ether oxygens (including phenoxy) is 2. The Morgan fingerprint density at radius 3 is 2.68 bits per heavy atom. The number of nitrogens with zero attached hydrogens (tertiary/aromatic N) is 3. The van der Waals surface area contributed by atoms with Gasteiger partial charge in [0.25, 0.3) is 0 Å². The van der Waals surface area contributed by atoms with Gasteiger partial charge in [-0.1, -0.05) is 31.0 Å². The lowest BCUT2D eigenvalue weighted by molar-refractivity contribution is -0.151. The Labute approximate surface area is 226 Å². The van der Waals surface area contributed by atoms with E-state index in [0.717, 1.165) is 10.9 Å². The number of aliphatic hydroxyl groups excluding tert-OH is 1. The number of hydrogen-bond acceptors (Lipinski definition) is 12. The minimum Gasteiger partial charge on any atom is -0.463 e. The first kappa shape index (κ1) is 26.6. The van der Waals surface area contributed by atoms with Gasteiger partial charge in [-0.15, -0.1) is 0 Å². The molecule has 0 saturated carbocycles. The van der Waals surface area contributed by atoms with Crippen LogP contribution in [0, 0.1) is 17.2 Å².